The van der Waals surface area contributed by atoms with Crippen molar-refractivity contribution in [3.05, 3.63) is 53.6 Å². The van der Waals surface area contributed by atoms with E-state index in [1.165, 1.54) is 0 Å². The van der Waals surface area contributed by atoms with Crippen molar-refractivity contribution in [1.82, 2.24) is 34.8 Å². The van der Waals surface area contributed by atoms with Crippen LogP contribution in [0.25, 0.3) is 17.2 Å². The van der Waals surface area contributed by atoms with Crippen LogP contribution in [0.15, 0.2) is 36.5 Å². The predicted molar refractivity (Wildman–Crippen MR) is 99.5 cm³/mol. The molecule has 0 spiro atoms. The second kappa shape index (κ2) is 7.04. The molecule has 0 atom stereocenters. The number of aryl methyl sites for hydroxylation is 2. The number of rotatable bonds is 5. The third kappa shape index (κ3) is 3.44. The Labute approximate surface area is 155 Å². The summed E-state index contributed by atoms with van der Waals surface area (Å²) in [5.74, 6) is 1.46. The largest absolute Gasteiger partial charge is 0.377 e. The lowest BCUT2D eigenvalue weighted by Gasteiger charge is -2.08. The number of ether oxygens (including phenoxy) is 1. The molecule has 0 amide bonds. The van der Waals surface area contributed by atoms with Gasteiger partial charge in [0.25, 0.3) is 5.78 Å². The molecule has 3 heterocycles. The maximum Gasteiger partial charge on any atom is 0.272 e. The zero-order valence-corrected chi connectivity index (χ0v) is 15.2. The third-order valence-corrected chi connectivity index (χ3v) is 3.98. The highest BCUT2D eigenvalue weighted by Crippen LogP contribution is 2.21. The molecule has 0 aliphatic rings. The van der Waals surface area contributed by atoms with E-state index in [4.69, 9.17) is 4.74 Å². The fourth-order valence-corrected chi connectivity index (χ4v) is 2.73. The minimum absolute atomic E-state index is 0.316. The van der Waals surface area contributed by atoms with Gasteiger partial charge in [-0.1, -0.05) is 12.1 Å². The SMILES string of the molecule is COCc1nc2nnc(-c3ccnc(Nc4cccc(C)c4)n3)c(C)n2n1. The van der Waals surface area contributed by atoms with Crippen LogP contribution in [-0.2, 0) is 11.3 Å². The van der Waals surface area contributed by atoms with Gasteiger partial charge in [-0.3, -0.25) is 0 Å². The van der Waals surface area contributed by atoms with Crippen molar-refractivity contribution in [2.75, 3.05) is 12.4 Å². The Balaban J connectivity index is 1.70. The molecule has 0 saturated carbocycles. The van der Waals surface area contributed by atoms with Crippen LogP contribution in [0.4, 0.5) is 11.6 Å². The molecule has 0 aliphatic carbocycles. The van der Waals surface area contributed by atoms with Crippen LogP contribution in [0.1, 0.15) is 17.1 Å². The van der Waals surface area contributed by atoms with Crippen molar-refractivity contribution in [1.29, 1.82) is 0 Å². The summed E-state index contributed by atoms with van der Waals surface area (Å²) < 4.78 is 6.72. The van der Waals surface area contributed by atoms with E-state index < -0.39 is 0 Å². The minimum atomic E-state index is 0.316. The number of benzene rings is 1. The second-order valence-electron chi connectivity index (χ2n) is 6.07. The van der Waals surface area contributed by atoms with Crippen LogP contribution < -0.4 is 5.32 Å². The molecule has 9 nitrogen and oxygen atoms in total. The molecule has 9 heteroatoms. The van der Waals surface area contributed by atoms with Crippen molar-refractivity contribution < 1.29 is 4.74 Å². The van der Waals surface area contributed by atoms with Gasteiger partial charge in [0.15, 0.2) is 5.82 Å². The zero-order chi connectivity index (χ0) is 18.8. The highest BCUT2D eigenvalue weighted by molar-refractivity contribution is 5.61. The van der Waals surface area contributed by atoms with Crippen molar-refractivity contribution in [3.63, 3.8) is 0 Å². The van der Waals surface area contributed by atoms with Crippen molar-refractivity contribution in [2.45, 2.75) is 20.5 Å². The van der Waals surface area contributed by atoms with Gasteiger partial charge in [0.2, 0.25) is 5.95 Å². The smallest absolute Gasteiger partial charge is 0.272 e. The van der Waals surface area contributed by atoms with Gasteiger partial charge in [0.05, 0.1) is 11.4 Å². The first-order valence-corrected chi connectivity index (χ1v) is 8.39. The van der Waals surface area contributed by atoms with Crippen LogP contribution in [-0.4, -0.2) is 41.9 Å². The maximum atomic E-state index is 5.08. The highest BCUT2D eigenvalue weighted by atomic mass is 16.5. The summed E-state index contributed by atoms with van der Waals surface area (Å²) in [6.45, 7) is 4.25. The van der Waals surface area contributed by atoms with Crippen LogP contribution in [0.3, 0.4) is 0 Å². The number of fused-ring (bicyclic) bond motifs is 1. The van der Waals surface area contributed by atoms with Crippen molar-refractivity contribution in [2.24, 2.45) is 0 Å². The van der Waals surface area contributed by atoms with E-state index in [-0.39, 0.29) is 0 Å². The summed E-state index contributed by atoms with van der Waals surface area (Å²) in [6.07, 6.45) is 1.68. The standard InChI is InChI=1S/C18H18N8O/c1-11-5-4-6-13(9-11)20-17-19-8-7-14(21-17)16-12(2)26-18(24-23-16)22-15(25-26)10-27-3/h4-9H,10H2,1-3H3,(H,19,20,21). The van der Waals surface area contributed by atoms with Crippen LogP contribution in [0, 0.1) is 13.8 Å². The monoisotopic (exact) mass is 362 g/mol. The molecule has 4 aromatic rings. The first kappa shape index (κ1) is 17.0. The van der Waals surface area contributed by atoms with E-state index in [0.717, 1.165) is 16.9 Å². The van der Waals surface area contributed by atoms with Crippen LogP contribution in [0.5, 0.6) is 0 Å². The van der Waals surface area contributed by atoms with Gasteiger partial charge in [-0.25, -0.2) is 9.97 Å². The lowest BCUT2D eigenvalue weighted by molar-refractivity contribution is 0.178. The summed E-state index contributed by atoms with van der Waals surface area (Å²) in [5, 5.41) is 16.0. The second-order valence-corrected chi connectivity index (χ2v) is 6.07. The Morgan fingerprint density at radius 2 is 2.00 bits per heavy atom. The molecule has 27 heavy (non-hydrogen) atoms. The minimum Gasteiger partial charge on any atom is -0.377 e. The van der Waals surface area contributed by atoms with Gasteiger partial charge in [-0.2, -0.15) is 9.50 Å². The molecule has 136 valence electrons. The number of anilines is 2. The molecule has 0 bridgehead atoms. The lowest BCUT2D eigenvalue weighted by Crippen LogP contribution is -2.05. The van der Waals surface area contributed by atoms with Gasteiger partial charge in [0, 0.05) is 19.0 Å². The molecule has 0 fully saturated rings. The number of methoxy groups -OCH3 is 1. The van der Waals surface area contributed by atoms with E-state index in [9.17, 15) is 0 Å². The summed E-state index contributed by atoms with van der Waals surface area (Å²) in [5.41, 5.74) is 4.13. The molecular formula is C18H18N8O. The fourth-order valence-electron chi connectivity index (χ4n) is 2.73. The van der Waals surface area contributed by atoms with Crippen LogP contribution in [0.2, 0.25) is 0 Å². The number of hydrogen-bond acceptors (Lipinski definition) is 8. The first-order chi connectivity index (χ1) is 13.1. The highest BCUT2D eigenvalue weighted by Gasteiger charge is 2.14. The Morgan fingerprint density at radius 3 is 2.81 bits per heavy atom. The fraction of sp³-hybridized carbons (Fsp3) is 0.222. The van der Waals surface area contributed by atoms with E-state index >= 15 is 0 Å². The molecule has 0 aliphatic heterocycles. The number of aromatic nitrogens is 7. The summed E-state index contributed by atoms with van der Waals surface area (Å²) in [7, 11) is 1.60. The number of nitrogens with one attached hydrogen (secondary N) is 1. The van der Waals surface area contributed by atoms with Gasteiger partial charge in [-0.15, -0.1) is 15.3 Å². The molecule has 0 radical (unpaired) electrons. The summed E-state index contributed by atoms with van der Waals surface area (Å²) in [4.78, 5) is 13.1. The Morgan fingerprint density at radius 1 is 1.11 bits per heavy atom. The molecule has 1 aromatic carbocycles. The Hall–Kier alpha value is -3.46. The van der Waals surface area contributed by atoms with Gasteiger partial charge < -0.3 is 10.1 Å². The molecular weight excluding hydrogens is 344 g/mol. The average molecular weight is 362 g/mol. The maximum absolute atomic E-state index is 5.08. The Kier molecular flexibility index (Phi) is 4.43. The van der Waals surface area contributed by atoms with Crippen LogP contribution >= 0.6 is 0 Å². The van der Waals surface area contributed by atoms with Gasteiger partial charge >= 0.3 is 0 Å². The topological polar surface area (TPSA) is 103 Å². The number of hydrogen-bond donors (Lipinski definition) is 1. The third-order valence-electron chi connectivity index (χ3n) is 3.98. The molecule has 1 N–H and O–H groups in total. The first-order valence-electron chi connectivity index (χ1n) is 8.39. The number of nitrogens with zero attached hydrogens (tertiary/aromatic N) is 7. The van der Waals surface area contributed by atoms with E-state index in [1.54, 1.807) is 23.9 Å². The van der Waals surface area contributed by atoms with Crippen molar-refractivity contribution in [3.8, 4) is 11.4 Å². The predicted octanol–water partition coefficient (Wildman–Crippen LogP) is 2.48. The van der Waals surface area contributed by atoms with Gasteiger partial charge in [0.1, 0.15) is 12.3 Å². The van der Waals surface area contributed by atoms with Gasteiger partial charge in [-0.05, 0) is 37.6 Å². The molecule has 3 aromatic heterocycles. The summed E-state index contributed by atoms with van der Waals surface area (Å²) >= 11 is 0. The van der Waals surface area contributed by atoms with E-state index in [0.29, 0.717) is 35.5 Å². The molecule has 0 saturated heterocycles. The molecule has 0 unspecified atom stereocenters. The van der Waals surface area contributed by atoms with E-state index in [1.807, 2.05) is 38.1 Å². The normalized spacial score (nSPS) is 11.1. The Bertz CT molecular complexity index is 1110. The quantitative estimate of drug-likeness (QED) is 0.577. The average Bonchev–Trinajstić information content (AvgIpc) is 3.06. The molecule has 4 rings (SSSR count). The lowest BCUT2D eigenvalue weighted by atomic mass is 10.2. The zero-order valence-electron chi connectivity index (χ0n) is 15.2. The van der Waals surface area contributed by atoms with E-state index in [2.05, 4.69) is 35.6 Å². The van der Waals surface area contributed by atoms with Crippen molar-refractivity contribution >= 4 is 17.4 Å². The summed E-state index contributed by atoms with van der Waals surface area (Å²) in [6, 6.07) is 9.80.